The lowest BCUT2D eigenvalue weighted by Crippen LogP contribution is -2.44. The Morgan fingerprint density at radius 3 is 2.62 bits per heavy atom. The summed E-state index contributed by atoms with van der Waals surface area (Å²) in [4.78, 5) is 14.0. The average molecular weight is 329 g/mol. The van der Waals surface area contributed by atoms with Gasteiger partial charge >= 0.3 is 5.97 Å². The molecular weight excluding hydrogens is 302 g/mol. The molecule has 0 saturated carbocycles. The van der Waals surface area contributed by atoms with Gasteiger partial charge in [0.1, 0.15) is 0 Å². The van der Waals surface area contributed by atoms with E-state index in [0.717, 1.165) is 50.1 Å². The molecule has 3 rings (SSSR count). The molecular formula is C19H27N3O2. The van der Waals surface area contributed by atoms with Crippen LogP contribution in [0.15, 0.2) is 18.3 Å². The molecule has 2 aromatic rings. The Morgan fingerprint density at radius 1 is 1.29 bits per heavy atom. The smallest absolute Gasteiger partial charge is 0.335 e. The van der Waals surface area contributed by atoms with Crippen LogP contribution in [-0.4, -0.2) is 53.3 Å². The maximum absolute atomic E-state index is 11.5. The van der Waals surface area contributed by atoms with E-state index in [-0.39, 0.29) is 0 Å². The number of rotatable bonds is 5. The van der Waals surface area contributed by atoms with Crippen molar-refractivity contribution in [3.05, 3.63) is 35.0 Å². The number of carboxylic acid groups (broad SMARTS) is 1. The quantitative estimate of drug-likeness (QED) is 0.885. The number of piperazine rings is 1. The first-order chi connectivity index (χ1) is 11.5. The molecule has 1 fully saturated rings. The van der Waals surface area contributed by atoms with E-state index in [0.29, 0.717) is 11.5 Å². The fraction of sp³-hybridized carbons (Fsp3) is 0.526. The van der Waals surface area contributed by atoms with Crippen LogP contribution in [0.1, 0.15) is 41.3 Å². The van der Waals surface area contributed by atoms with E-state index in [9.17, 15) is 9.90 Å². The maximum Gasteiger partial charge on any atom is 0.335 e. The Morgan fingerprint density at radius 2 is 2.00 bits per heavy atom. The normalized spacial score (nSPS) is 16.2. The van der Waals surface area contributed by atoms with Crippen LogP contribution in [0.4, 0.5) is 0 Å². The number of aryl methyl sites for hydroxylation is 1. The lowest BCUT2D eigenvalue weighted by atomic mass is 9.96. The van der Waals surface area contributed by atoms with E-state index in [4.69, 9.17) is 0 Å². The van der Waals surface area contributed by atoms with Crippen LogP contribution in [0.2, 0.25) is 0 Å². The average Bonchev–Trinajstić information content (AvgIpc) is 2.89. The van der Waals surface area contributed by atoms with E-state index in [1.807, 2.05) is 12.1 Å². The van der Waals surface area contributed by atoms with Gasteiger partial charge in [-0.1, -0.05) is 13.8 Å². The second kappa shape index (κ2) is 6.95. The molecule has 1 aromatic carbocycles. The highest BCUT2D eigenvalue weighted by atomic mass is 16.4. The van der Waals surface area contributed by atoms with Crippen molar-refractivity contribution in [2.24, 2.45) is 7.05 Å². The zero-order valence-corrected chi connectivity index (χ0v) is 14.8. The predicted molar refractivity (Wildman–Crippen MR) is 97.0 cm³/mol. The van der Waals surface area contributed by atoms with E-state index in [1.54, 1.807) is 0 Å². The Balaban J connectivity index is 1.97. The molecule has 5 heteroatoms. The molecule has 1 aromatic heterocycles. The van der Waals surface area contributed by atoms with Gasteiger partial charge in [-0.2, -0.15) is 0 Å². The molecule has 0 unspecified atom stereocenters. The van der Waals surface area contributed by atoms with Gasteiger partial charge in [-0.15, -0.1) is 0 Å². The molecule has 5 nitrogen and oxygen atoms in total. The Labute approximate surface area is 143 Å². The zero-order chi connectivity index (χ0) is 17.3. The molecule has 0 amide bonds. The third-order valence-corrected chi connectivity index (χ3v) is 4.96. The zero-order valence-electron chi connectivity index (χ0n) is 14.8. The lowest BCUT2D eigenvalue weighted by molar-refractivity contribution is 0.0697. The lowest BCUT2D eigenvalue weighted by Gasteiger charge is -2.27. The molecule has 1 aliphatic rings. The summed E-state index contributed by atoms with van der Waals surface area (Å²) in [6.45, 7) is 9.54. The van der Waals surface area contributed by atoms with Crippen molar-refractivity contribution in [1.29, 1.82) is 0 Å². The van der Waals surface area contributed by atoms with Gasteiger partial charge in [0.2, 0.25) is 0 Å². The molecule has 130 valence electrons. The van der Waals surface area contributed by atoms with Gasteiger partial charge in [-0.25, -0.2) is 4.79 Å². The molecule has 0 atom stereocenters. The van der Waals surface area contributed by atoms with Crippen molar-refractivity contribution in [3.8, 4) is 0 Å². The summed E-state index contributed by atoms with van der Waals surface area (Å²) in [5.41, 5.74) is 3.92. The molecule has 2 heterocycles. The van der Waals surface area contributed by atoms with E-state index < -0.39 is 5.97 Å². The van der Waals surface area contributed by atoms with Crippen molar-refractivity contribution < 1.29 is 9.90 Å². The topological polar surface area (TPSA) is 57.5 Å². The van der Waals surface area contributed by atoms with Gasteiger partial charge in [-0.05, 0) is 35.6 Å². The largest absolute Gasteiger partial charge is 0.478 e. The van der Waals surface area contributed by atoms with Crippen LogP contribution >= 0.6 is 0 Å². The number of nitrogens with zero attached hydrogens (tertiary/aromatic N) is 2. The molecule has 0 aliphatic carbocycles. The summed E-state index contributed by atoms with van der Waals surface area (Å²) in [6.07, 6.45) is 3.13. The summed E-state index contributed by atoms with van der Waals surface area (Å²) in [7, 11) is 2.06. The number of carbonyl (C=O) groups is 1. The summed E-state index contributed by atoms with van der Waals surface area (Å²) in [6, 6.07) is 3.67. The minimum atomic E-state index is -0.851. The van der Waals surface area contributed by atoms with Gasteiger partial charge in [0.25, 0.3) is 0 Å². The van der Waals surface area contributed by atoms with Crippen LogP contribution in [0, 0.1) is 0 Å². The molecule has 1 saturated heterocycles. The molecule has 0 spiro atoms. The highest BCUT2D eigenvalue weighted by Gasteiger charge is 2.18. The van der Waals surface area contributed by atoms with Crippen LogP contribution < -0.4 is 5.32 Å². The number of hydrogen-bond donors (Lipinski definition) is 2. The van der Waals surface area contributed by atoms with Crippen LogP contribution in [0.25, 0.3) is 10.9 Å². The maximum atomic E-state index is 11.5. The van der Waals surface area contributed by atoms with Crippen molar-refractivity contribution in [1.82, 2.24) is 14.8 Å². The number of carboxylic acids is 1. The Bertz CT molecular complexity index is 743. The number of aromatic nitrogens is 1. The van der Waals surface area contributed by atoms with Gasteiger partial charge < -0.3 is 19.9 Å². The summed E-state index contributed by atoms with van der Waals surface area (Å²) in [5, 5.41) is 13.9. The number of nitrogens with one attached hydrogen (secondary N) is 1. The molecule has 0 radical (unpaired) electrons. The molecule has 2 N–H and O–H groups in total. The molecule has 0 bridgehead atoms. The van der Waals surface area contributed by atoms with Crippen molar-refractivity contribution in [2.75, 3.05) is 32.7 Å². The van der Waals surface area contributed by atoms with Crippen molar-refractivity contribution in [3.63, 3.8) is 0 Å². The summed E-state index contributed by atoms with van der Waals surface area (Å²) < 4.78 is 2.16. The Kier molecular flexibility index (Phi) is 4.92. The first kappa shape index (κ1) is 17.0. The van der Waals surface area contributed by atoms with Crippen LogP contribution in [0.5, 0.6) is 0 Å². The second-order valence-corrected chi connectivity index (χ2v) is 7.03. The second-order valence-electron chi connectivity index (χ2n) is 7.03. The number of fused-ring (bicyclic) bond motifs is 1. The predicted octanol–water partition coefficient (Wildman–Crippen LogP) is 2.45. The number of hydrogen-bond acceptors (Lipinski definition) is 3. The molecule has 1 aliphatic heterocycles. The van der Waals surface area contributed by atoms with E-state index in [2.05, 4.69) is 41.9 Å². The van der Waals surface area contributed by atoms with Crippen LogP contribution in [0.3, 0.4) is 0 Å². The highest BCUT2D eigenvalue weighted by Crippen LogP contribution is 2.31. The minimum Gasteiger partial charge on any atom is -0.478 e. The molecule has 24 heavy (non-hydrogen) atoms. The van der Waals surface area contributed by atoms with Crippen molar-refractivity contribution >= 4 is 16.9 Å². The standard InChI is InChI=1S/C19H27N3O2/c1-13(2)16-10-15(19(23)24)11-17-14(12-21(3)18(16)17)4-7-22-8-5-20-6-9-22/h10-13,20H,4-9H2,1-3H3,(H,23,24). The summed E-state index contributed by atoms with van der Waals surface area (Å²) >= 11 is 0. The third kappa shape index (κ3) is 3.32. The number of aromatic carboxylic acids is 1. The Hall–Kier alpha value is -1.85. The highest BCUT2D eigenvalue weighted by molar-refractivity contribution is 5.96. The fourth-order valence-corrected chi connectivity index (χ4v) is 3.64. The first-order valence-electron chi connectivity index (χ1n) is 8.75. The van der Waals surface area contributed by atoms with Gasteiger partial charge in [0.15, 0.2) is 0 Å². The third-order valence-electron chi connectivity index (χ3n) is 4.96. The summed E-state index contributed by atoms with van der Waals surface area (Å²) in [5.74, 6) is -0.558. The fourth-order valence-electron chi connectivity index (χ4n) is 3.64. The SMILES string of the molecule is CC(C)c1cc(C(=O)O)cc2c(CCN3CCNCC3)cn(C)c12. The van der Waals surface area contributed by atoms with Gasteiger partial charge in [-0.3, -0.25) is 0 Å². The van der Waals surface area contributed by atoms with E-state index >= 15 is 0 Å². The first-order valence-corrected chi connectivity index (χ1v) is 8.75. The van der Waals surface area contributed by atoms with Gasteiger partial charge in [0, 0.05) is 51.4 Å². The van der Waals surface area contributed by atoms with E-state index in [1.165, 1.54) is 11.1 Å². The monoisotopic (exact) mass is 329 g/mol. The van der Waals surface area contributed by atoms with Crippen LogP contribution in [-0.2, 0) is 13.5 Å². The van der Waals surface area contributed by atoms with Crippen molar-refractivity contribution in [2.45, 2.75) is 26.2 Å². The minimum absolute atomic E-state index is 0.293. The van der Waals surface area contributed by atoms with Gasteiger partial charge in [0.05, 0.1) is 11.1 Å². The number of benzene rings is 1.